The molecule has 27 heavy (non-hydrogen) atoms. The minimum absolute atomic E-state index is 0.0199. The fourth-order valence-corrected chi connectivity index (χ4v) is 4.38. The SMILES string of the molecule is CC(=O)NC1=CC(C)C2C(=C1)C(Nc1ccc(Cl)cc1)CC(C)N2C(C)=O. The summed E-state index contributed by atoms with van der Waals surface area (Å²) in [5, 5.41) is 7.17. The first-order valence-corrected chi connectivity index (χ1v) is 9.66. The van der Waals surface area contributed by atoms with Crippen LogP contribution in [0, 0.1) is 5.92 Å². The van der Waals surface area contributed by atoms with Gasteiger partial charge in [-0.05, 0) is 49.3 Å². The van der Waals surface area contributed by atoms with Crippen molar-refractivity contribution in [1.82, 2.24) is 10.2 Å². The number of carbonyl (C=O) groups excluding carboxylic acids is 2. The van der Waals surface area contributed by atoms with Gasteiger partial charge in [0.05, 0.1) is 12.1 Å². The first kappa shape index (κ1) is 19.5. The molecule has 1 fully saturated rings. The molecule has 1 aliphatic heterocycles. The van der Waals surface area contributed by atoms with Crippen LogP contribution in [0.5, 0.6) is 0 Å². The van der Waals surface area contributed by atoms with E-state index in [-0.39, 0.29) is 35.9 Å². The number of hydrogen-bond donors (Lipinski definition) is 2. The van der Waals surface area contributed by atoms with E-state index in [2.05, 4.69) is 24.5 Å². The Morgan fingerprint density at radius 3 is 2.41 bits per heavy atom. The van der Waals surface area contributed by atoms with Crippen molar-refractivity contribution in [1.29, 1.82) is 0 Å². The first-order chi connectivity index (χ1) is 12.8. The maximum atomic E-state index is 12.3. The van der Waals surface area contributed by atoms with Crippen molar-refractivity contribution in [3.05, 3.63) is 52.7 Å². The average Bonchev–Trinajstić information content (AvgIpc) is 2.57. The van der Waals surface area contributed by atoms with Gasteiger partial charge in [0.1, 0.15) is 0 Å². The molecule has 0 spiro atoms. The van der Waals surface area contributed by atoms with E-state index in [4.69, 9.17) is 11.6 Å². The van der Waals surface area contributed by atoms with Gasteiger partial charge in [0.15, 0.2) is 0 Å². The molecule has 5 nitrogen and oxygen atoms in total. The van der Waals surface area contributed by atoms with Crippen molar-refractivity contribution in [2.75, 3.05) is 5.32 Å². The lowest BCUT2D eigenvalue weighted by atomic mass is 9.77. The van der Waals surface area contributed by atoms with E-state index in [1.807, 2.05) is 41.3 Å². The van der Waals surface area contributed by atoms with Gasteiger partial charge in [-0.2, -0.15) is 0 Å². The van der Waals surface area contributed by atoms with E-state index in [1.165, 1.54) is 6.92 Å². The fraction of sp³-hybridized carbons (Fsp3) is 0.429. The third-order valence-electron chi connectivity index (χ3n) is 5.23. The molecular weight excluding hydrogens is 362 g/mol. The number of nitrogens with one attached hydrogen (secondary N) is 2. The third-order valence-corrected chi connectivity index (χ3v) is 5.48. The number of anilines is 1. The molecule has 1 aliphatic carbocycles. The van der Waals surface area contributed by atoms with E-state index >= 15 is 0 Å². The van der Waals surface area contributed by atoms with Crippen LogP contribution in [-0.4, -0.2) is 34.8 Å². The van der Waals surface area contributed by atoms with Crippen molar-refractivity contribution < 1.29 is 9.59 Å². The Bertz CT molecular complexity index is 800. The molecule has 1 saturated heterocycles. The Balaban J connectivity index is 1.96. The van der Waals surface area contributed by atoms with Gasteiger partial charge in [-0.15, -0.1) is 0 Å². The summed E-state index contributed by atoms with van der Waals surface area (Å²) in [6.45, 7) is 7.31. The number of rotatable bonds is 3. The summed E-state index contributed by atoms with van der Waals surface area (Å²) in [6, 6.07) is 7.79. The Hall–Kier alpha value is -2.27. The number of carbonyl (C=O) groups is 2. The largest absolute Gasteiger partial charge is 0.378 e. The van der Waals surface area contributed by atoms with Crippen LogP contribution in [0.2, 0.25) is 5.02 Å². The van der Waals surface area contributed by atoms with Crippen LogP contribution in [0.4, 0.5) is 5.69 Å². The molecule has 3 rings (SSSR count). The number of amides is 2. The topological polar surface area (TPSA) is 61.4 Å². The van der Waals surface area contributed by atoms with Crippen molar-refractivity contribution in [2.24, 2.45) is 5.92 Å². The normalized spacial score (nSPS) is 27.2. The molecule has 144 valence electrons. The summed E-state index contributed by atoms with van der Waals surface area (Å²) in [6.07, 6.45) is 4.84. The molecule has 1 heterocycles. The molecule has 4 atom stereocenters. The molecule has 0 bridgehead atoms. The van der Waals surface area contributed by atoms with Crippen LogP contribution >= 0.6 is 11.6 Å². The van der Waals surface area contributed by atoms with E-state index in [1.54, 1.807) is 6.92 Å². The molecular formula is C21H26ClN3O2. The lowest BCUT2D eigenvalue weighted by molar-refractivity contribution is -0.134. The predicted molar refractivity (Wildman–Crippen MR) is 108 cm³/mol. The quantitative estimate of drug-likeness (QED) is 0.830. The first-order valence-electron chi connectivity index (χ1n) is 9.28. The van der Waals surface area contributed by atoms with Gasteiger partial charge in [0.25, 0.3) is 0 Å². The van der Waals surface area contributed by atoms with Gasteiger partial charge in [-0.25, -0.2) is 0 Å². The van der Waals surface area contributed by atoms with Gasteiger partial charge in [-0.1, -0.05) is 24.6 Å². The van der Waals surface area contributed by atoms with Crippen LogP contribution in [0.25, 0.3) is 0 Å². The second-order valence-electron chi connectivity index (χ2n) is 7.47. The molecule has 1 aromatic carbocycles. The zero-order chi connectivity index (χ0) is 19.7. The highest BCUT2D eigenvalue weighted by Crippen LogP contribution is 2.38. The molecule has 2 aliphatic rings. The second-order valence-corrected chi connectivity index (χ2v) is 7.90. The lowest BCUT2D eigenvalue weighted by Crippen LogP contribution is -2.57. The minimum Gasteiger partial charge on any atom is -0.378 e. The molecule has 0 radical (unpaired) electrons. The molecule has 0 saturated carbocycles. The van der Waals surface area contributed by atoms with Crippen molar-refractivity contribution in [2.45, 2.75) is 52.2 Å². The fourth-order valence-electron chi connectivity index (χ4n) is 4.25. The zero-order valence-electron chi connectivity index (χ0n) is 16.1. The number of piperidine rings is 1. The molecule has 2 amide bonds. The average molecular weight is 388 g/mol. The summed E-state index contributed by atoms with van der Waals surface area (Å²) in [5.41, 5.74) is 2.90. The van der Waals surface area contributed by atoms with Crippen LogP contribution in [0.3, 0.4) is 0 Å². The summed E-state index contributed by atoms with van der Waals surface area (Å²) >= 11 is 6.00. The Morgan fingerprint density at radius 1 is 1.15 bits per heavy atom. The predicted octanol–water partition coefficient (Wildman–Crippen LogP) is 3.73. The molecule has 6 heteroatoms. The standard InChI is InChI=1S/C21H26ClN3O2/c1-12-9-18(23-14(3)26)11-19-20(24-17-7-5-16(22)6-8-17)10-13(2)25(15(4)27)21(12)19/h5-9,11-13,20-21,24H,10H2,1-4H3,(H,23,26). The second kappa shape index (κ2) is 7.77. The van der Waals surface area contributed by atoms with Gasteiger partial charge < -0.3 is 15.5 Å². The molecule has 0 aromatic heterocycles. The monoisotopic (exact) mass is 387 g/mol. The number of nitrogens with zero attached hydrogens (tertiary/aromatic N) is 1. The van der Waals surface area contributed by atoms with Crippen LogP contribution < -0.4 is 10.6 Å². The number of benzene rings is 1. The van der Waals surface area contributed by atoms with Crippen LogP contribution in [0.15, 0.2) is 47.7 Å². The van der Waals surface area contributed by atoms with Gasteiger partial charge in [-0.3, -0.25) is 9.59 Å². The smallest absolute Gasteiger partial charge is 0.221 e. The van der Waals surface area contributed by atoms with Crippen molar-refractivity contribution in [3.63, 3.8) is 0 Å². The van der Waals surface area contributed by atoms with E-state index in [0.717, 1.165) is 23.4 Å². The number of fused-ring (bicyclic) bond motifs is 1. The minimum atomic E-state index is -0.0986. The highest BCUT2D eigenvalue weighted by molar-refractivity contribution is 6.30. The number of allylic oxidation sites excluding steroid dienone is 1. The van der Waals surface area contributed by atoms with Gasteiger partial charge in [0.2, 0.25) is 11.8 Å². The van der Waals surface area contributed by atoms with E-state index in [9.17, 15) is 9.59 Å². The van der Waals surface area contributed by atoms with E-state index in [0.29, 0.717) is 5.02 Å². The molecule has 1 aromatic rings. The highest BCUT2D eigenvalue weighted by atomic mass is 35.5. The third kappa shape index (κ3) is 4.19. The Morgan fingerprint density at radius 2 is 1.81 bits per heavy atom. The Kier molecular flexibility index (Phi) is 5.61. The number of hydrogen-bond acceptors (Lipinski definition) is 3. The number of likely N-dealkylation sites (tertiary alicyclic amines) is 1. The van der Waals surface area contributed by atoms with Crippen molar-refractivity contribution in [3.8, 4) is 0 Å². The highest BCUT2D eigenvalue weighted by Gasteiger charge is 2.42. The van der Waals surface area contributed by atoms with Gasteiger partial charge in [0, 0.05) is 42.2 Å². The zero-order valence-corrected chi connectivity index (χ0v) is 16.9. The summed E-state index contributed by atoms with van der Waals surface area (Å²) in [7, 11) is 0. The van der Waals surface area contributed by atoms with E-state index < -0.39 is 0 Å². The Labute approximate surface area is 165 Å². The summed E-state index contributed by atoms with van der Waals surface area (Å²) in [4.78, 5) is 25.8. The van der Waals surface area contributed by atoms with Crippen molar-refractivity contribution >= 4 is 29.1 Å². The van der Waals surface area contributed by atoms with Gasteiger partial charge >= 0.3 is 0 Å². The van der Waals surface area contributed by atoms with Crippen LogP contribution in [-0.2, 0) is 9.59 Å². The maximum Gasteiger partial charge on any atom is 0.221 e. The van der Waals surface area contributed by atoms with Crippen LogP contribution in [0.1, 0.15) is 34.1 Å². The number of halogens is 1. The lowest BCUT2D eigenvalue weighted by Gasteiger charge is -2.49. The molecule has 2 N–H and O–H groups in total. The maximum absolute atomic E-state index is 12.3. The summed E-state index contributed by atoms with van der Waals surface area (Å²) in [5.74, 6) is 0.0816. The molecule has 4 unspecified atom stereocenters. The summed E-state index contributed by atoms with van der Waals surface area (Å²) < 4.78 is 0.